The van der Waals surface area contributed by atoms with E-state index in [9.17, 15) is 9.90 Å². The van der Waals surface area contributed by atoms with E-state index >= 15 is 0 Å². The van der Waals surface area contributed by atoms with Crippen LogP contribution in [0.15, 0.2) is 18.3 Å². The molecule has 1 aliphatic heterocycles. The summed E-state index contributed by atoms with van der Waals surface area (Å²) in [4.78, 5) is 27.1. The number of aryl methyl sites for hydroxylation is 3. The van der Waals surface area contributed by atoms with Gasteiger partial charge in [0.15, 0.2) is 0 Å². The third-order valence-electron chi connectivity index (χ3n) is 5.10. The Bertz CT molecular complexity index is 788. The average Bonchev–Trinajstić information content (AvgIpc) is 2.59. The lowest BCUT2D eigenvalue weighted by Crippen LogP contribution is -2.46. The van der Waals surface area contributed by atoms with Crippen molar-refractivity contribution in [3.05, 3.63) is 46.5 Å². The van der Waals surface area contributed by atoms with Crippen LogP contribution in [-0.4, -0.2) is 44.0 Å². The lowest BCUT2D eigenvalue weighted by Gasteiger charge is -2.38. The second-order valence-electron chi connectivity index (χ2n) is 7.04. The van der Waals surface area contributed by atoms with E-state index in [1.807, 2.05) is 32.9 Å². The second kappa shape index (κ2) is 6.99. The monoisotopic (exact) mass is 355 g/mol. The highest BCUT2D eigenvalue weighted by Gasteiger charge is 2.36. The van der Waals surface area contributed by atoms with E-state index in [1.165, 1.54) is 0 Å². The van der Waals surface area contributed by atoms with Crippen LogP contribution in [0.25, 0.3) is 0 Å². The Hall–Kier alpha value is -2.54. The Morgan fingerprint density at radius 2 is 1.81 bits per heavy atom. The number of nitrogen functional groups attached to an aromatic ring is 1. The standard InChI is InChI=1S/C19H25N5O2/c1-12-4-5-16(21-11-12)19(26)6-8-24(9-7-19)17(25)10-15-13(2)22-18(20)23-14(15)3/h4-5,11,26H,6-10H2,1-3H3,(H2,20,22,23). The average molecular weight is 355 g/mol. The molecule has 2 aromatic rings. The van der Waals surface area contributed by atoms with Gasteiger partial charge in [-0.2, -0.15) is 0 Å². The zero-order chi connectivity index (χ0) is 18.9. The number of nitrogens with zero attached hydrogens (tertiary/aromatic N) is 4. The van der Waals surface area contributed by atoms with Gasteiger partial charge < -0.3 is 15.7 Å². The van der Waals surface area contributed by atoms with Gasteiger partial charge in [-0.3, -0.25) is 9.78 Å². The molecule has 3 heterocycles. The molecule has 138 valence electrons. The quantitative estimate of drug-likeness (QED) is 0.863. The smallest absolute Gasteiger partial charge is 0.227 e. The molecular weight excluding hydrogens is 330 g/mol. The summed E-state index contributed by atoms with van der Waals surface area (Å²) in [6.07, 6.45) is 2.96. The molecular formula is C19H25N5O2. The third kappa shape index (κ3) is 3.67. The number of aliphatic hydroxyl groups is 1. The zero-order valence-corrected chi connectivity index (χ0v) is 15.5. The number of aromatic nitrogens is 3. The van der Waals surface area contributed by atoms with Gasteiger partial charge in [0.1, 0.15) is 5.60 Å². The third-order valence-corrected chi connectivity index (χ3v) is 5.10. The van der Waals surface area contributed by atoms with Crippen LogP contribution < -0.4 is 5.73 Å². The second-order valence-corrected chi connectivity index (χ2v) is 7.04. The van der Waals surface area contributed by atoms with Crippen molar-refractivity contribution in [3.8, 4) is 0 Å². The van der Waals surface area contributed by atoms with Gasteiger partial charge in [0.25, 0.3) is 0 Å². The first-order valence-corrected chi connectivity index (χ1v) is 8.81. The molecule has 1 fully saturated rings. The van der Waals surface area contributed by atoms with Crippen LogP contribution in [0.2, 0.25) is 0 Å². The minimum atomic E-state index is -0.972. The maximum absolute atomic E-state index is 12.7. The van der Waals surface area contributed by atoms with Gasteiger partial charge in [0.2, 0.25) is 11.9 Å². The topological polar surface area (TPSA) is 105 Å². The van der Waals surface area contributed by atoms with Crippen molar-refractivity contribution in [2.75, 3.05) is 18.8 Å². The Balaban J connectivity index is 1.66. The van der Waals surface area contributed by atoms with E-state index in [4.69, 9.17) is 5.73 Å². The normalized spacial score (nSPS) is 16.5. The van der Waals surface area contributed by atoms with E-state index in [0.29, 0.717) is 31.6 Å². The van der Waals surface area contributed by atoms with E-state index < -0.39 is 5.60 Å². The van der Waals surface area contributed by atoms with E-state index in [2.05, 4.69) is 15.0 Å². The molecule has 0 radical (unpaired) electrons. The molecule has 26 heavy (non-hydrogen) atoms. The fourth-order valence-corrected chi connectivity index (χ4v) is 3.41. The van der Waals surface area contributed by atoms with Crippen molar-refractivity contribution < 1.29 is 9.90 Å². The molecule has 7 heteroatoms. The van der Waals surface area contributed by atoms with Crippen LogP contribution in [0.5, 0.6) is 0 Å². The number of hydrogen-bond donors (Lipinski definition) is 2. The molecule has 0 aromatic carbocycles. The highest BCUT2D eigenvalue weighted by molar-refractivity contribution is 5.79. The maximum Gasteiger partial charge on any atom is 0.227 e. The zero-order valence-electron chi connectivity index (χ0n) is 15.5. The molecule has 0 saturated carbocycles. The molecule has 1 saturated heterocycles. The summed E-state index contributed by atoms with van der Waals surface area (Å²) in [6.45, 7) is 6.64. The summed E-state index contributed by atoms with van der Waals surface area (Å²) < 4.78 is 0. The number of carbonyl (C=O) groups excluding carboxylic acids is 1. The summed E-state index contributed by atoms with van der Waals surface area (Å²) in [5, 5.41) is 10.9. The van der Waals surface area contributed by atoms with E-state index in [1.54, 1.807) is 11.1 Å². The number of anilines is 1. The van der Waals surface area contributed by atoms with Gasteiger partial charge in [0.05, 0.1) is 12.1 Å². The van der Waals surface area contributed by atoms with Crippen molar-refractivity contribution >= 4 is 11.9 Å². The first kappa shape index (κ1) is 18.3. The van der Waals surface area contributed by atoms with Crippen molar-refractivity contribution in [3.63, 3.8) is 0 Å². The van der Waals surface area contributed by atoms with Crippen LogP contribution in [0.4, 0.5) is 5.95 Å². The Kier molecular flexibility index (Phi) is 4.91. The molecule has 1 amide bonds. The highest BCUT2D eigenvalue weighted by atomic mass is 16.3. The van der Waals surface area contributed by atoms with Gasteiger partial charge in [-0.1, -0.05) is 6.07 Å². The minimum Gasteiger partial charge on any atom is -0.383 e. The Labute approximate surface area is 153 Å². The minimum absolute atomic E-state index is 0.0171. The number of amides is 1. The molecule has 1 aliphatic rings. The predicted molar refractivity (Wildman–Crippen MR) is 98.3 cm³/mol. The van der Waals surface area contributed by atoms with E-state index in [-0.39, 0.29) is 18.3 Å². The number of likely N-dealkylation sites (tertiary alicyclic amines) is 1. The number of rotatable bonds is 3. The maximum atomic E-state index is 12.7. The molecule has 2 aromatic heterocycles. The van der Waals surface area contributed by atoms with Crippen LogP contribution in [0, 0.1) is 20.8 Å². The lowest BCUT2D eigenvalue weighted by molar-refractivity contribution is -0.135. The number of hydrogen-bond acceptors (Lipinski definition) is 6. The van der Waals surface area contributed by atoms with Gasteiger partial charge in [0, 0.05) is 36.2 Å². The van der Waals surface area contributed by atoms with Gasteiger partial charge in [-0.25, -0.2) is 9.97 Å². The first-order chi connectivity index (χ1) is 12.3. The number of carbonyl (C=O) groups is 1. The molecule has 0 spiro atoms. The van der Waals surface area contributed by atoms with Crippen molar-refractivity contribution in [1.29, 1.82) is 0 Å². The van der Waals surface area contributed by atoms with Gasteiger partial charge in [-0.15, -0.1) is 0 Å². The van der Waals surface area contributed by atoms with Gasteiger partial charge >= 0.3 is 0 Å². The van der Waals surface area contributed by atoms with Crippen LogP contribution >= 0.6 is 0 Å². The van der Waals surface area contributed by atoms with Crippen molar-refractivity contribution in [2.24, 2.45) is 0 Å². The highest BCUT2D eigenvalue weighted by Crippen LogP contribution is 2.32. The van der Waals surface area contributed by atoms with Gasteiger partial charge in [-0.05, 0) is 45.2 Å². The number of nitrogens with two attached hydrogens (primary N) is 1. The molecule has 0 bridgehead atoms. The summed E-state index contributed by atoms with van der Waals surface area (Å²) in [6, 6.07) is 3.82. The van der Waals surface area contributed by atoms with Crippen LogP contribution in [-0.2, 0) is 16.8 Å². The predicted octanol–water partition coefficient (Wildman–Crippen LogP) is 1.43. The molecule has 3 rings (SSSR count). The molecule has 7 nitrogen and oxygen atoms in total. The first-order valence-electron chi connectivity index (χ1n) is 8.81. The fourth-order valence-electron chi connectivity index (χ4n) is 3.41. The van der Waals surface area contributed by atoms with Crippen LogP contribution in [0.3, 0.4) is 0 Å². The lowest BCUT2D eigenvalue weighted by atomic mass is 9.87. The summed E-state index contributed by atoms with van der Waals surface area (Å²) in [5.41, 5.74) is 8.70. The molecule has 3 N–H and O–H groups in total. The number of pyridine rings is 1. The molecule has 0 atom stereocenters. The fraction of sp³-hybridized carbons (Fsp3) is 0.474. The Morgan fingerprint density at radius 3 is 2.35 bits per heavy atom. The summed E-state index contributed by atoms with van der Waals surface area (Å²) in [7, 11) is 0. The van der Waals surface area contributed by atoms with Crippen LogP contribution in [0.1, 0.15) is 41.1 Å². The SMILES string of the molecule is Cc1ccc(C2(O)CCN(C(=O)Cc3c(C)nc(N)nc3C)CC2)nc1. The van der Waals surface area contributed by atoms with E-state index in [0.717, 1.165) is 22.5 Å². The van der Waals surface area contributed by atoms with Crippen molar-refractivity contribution in [2.45, 2.75) is 45.6 Å². The Morgan fingerprint density at radius 1 is 1.19 bits per heavy atom. The summed E-state index contributed by atoms with van der Waals surface area (Å²) in [5.74, 6) is 0.244. The molecule has 0 unspecified atom stereocenters. The van der Waals surface area contributed by atoms with Crippen molar-refractivity contribution in [1.82, 2.24) is 19.9 Å². The number of piperidine rings is 1. The molecule has 0 aliphatic carbocycles. The summed E-state index contributed by atoms with van der Waals surface area (Å²) >= 11 is 0. The largest absolute Gasteiger partial charge is 0.383 e.